The predicted octanol–water partition coefficient (Wildman–Crippen LogP) is 2.23. The zero-order valence-corrected chi connectivity index (χ0v) is 8.54. The van der Waals surface area contributed by atoms with Crippen molar-refractivity contribution in [2.24, 2.45) is 13.0 Å². The predicted molar refractivity (Wildman–Crippen MR) is 51.4 cm³/mol. The Kier molecular flexibility index (Phi) is 3.15. The Balaban J connectivity index is 2.58. The van der Waals surface area contributed by atoms with Crippen LogP contribution in [0.3, 0.4) is 0 Å². The van der Waals surface area contributed by atoms with Gasteiger partial charge in [0, 0.05) is 31.2 Å². The van der Waals surface area contributed by atoms with E-state index in [4.69, 9.17) is 11.6 Å². The van der Waals surface area contributed by atoms with E-state index >= 15 is 0 Å². The summed E-state index contributed by atoms with van der Waals surface area (Å²) in [4.78, 5) is 4.22. The van der Waals surface area contributed by atoms with Crippen LogP contribution in [0.4, 0.5) is 0 Å². The Morgan fingerprint density at radius 3 is 2.67 bits per heavy atom. The number of aromatic nitrogens is 2. The molecule has 12 heavy (non-hydrogen) atoms. The smallest absolute Gasteiger partial charge is 0.109 e. The van der Waals surface area contributed by atoms with E-state index in [2.05, 4.69) is 18.8 Å². The molecular formula is C9H15ClN2. The minimum Gasteiger partial charge on any atom is -0.338 e. The van der Waals surface area contributed by atoms with Gasteiger partial charge in [0.2, 0.25) is 0 Å². The summed E-state index contributed by atoms with van der Waals surface area (Å²) in [5.41, 5.74) is 0. The lowest BCUT2D eigenvalue weighted by molar-refractivity contribution is 0.575. The Hall–Kier alpha value is -0.500. The molecular weight excluding hydrogens is 172 g/mol. The first-order valence-electron chi connectivity index (χ1n) is 4.21. The third kappa shape index (κ3) is 2.24. The minimum absolute atomic E-state index is 0.186. The van der Waals surface area contributed by atoms with Crippen molar-refractivity contribution >= 4 is 11.6 Å². The highest BCUT2D eigenvalue weighted by molar-refractivity contribution is 6.20. The first kappa shape index (κ1) is 9.59. The molecule has 0 bridgehead atoms. The zero-order valence-electron chi connectivity index (χ0n) is 7.79. The maximum absolute atomic E-state index is 6.13. The van der Waals surface area contributed by atoms with Gasteiger partial charge >= 0.3 is 0 Å². The molecule has 68 valence electrons. The number of alkyl halides is 1. The van der Waals surface area contributed by atoms with Crippen molar-refractivity contribution in [1.29, 1.82) is 0 Å². The van der Waals surface area contributed by atoms with Crippen LogP contribution in [0.25, 0.3) is 0 Å². The van der Waals surface area contributed by atoms with Gasteiger partial charge in [0.15, 0.2) is 0 Å². The van der Waals surface area contributed by atoms with Gasteiger partial charge in [-0.3, -0.25) is 0 Å². The summed E-state index contributed by atoms with van der Waals surface area (Å²) >= 11 is 6.13. The van der Waals surface area contributed by atoms with Gasteiger partial charge in [0.1, 0.15) is 5.82 Å². The average molecular weight is 187 g/mol. The van der Waals surface area contributed by atoms with E-state index in [1.807, 2.05) is 17.8 Å². The fourth-order valence-corrected chi connectivity index (χ4v) is 1.14. The molecule has 1 unspecified atom stereocenters. The number of rotatable bonds is 3. The van der Waals surface area contributed by atoms with Crippen molar-refractivity contribution < 1.29 is 0 Å². The summed E-state index contributed by atoms with van der Waals surface area (Å²) < 4.78 is 2.01. The molecule has 3 heteroatoms. The number of hydrogen-bond acceptors (Lipinski definition) is 1. The van der Waals surface area contributed by atoms with E-state index in [9.17, 15) is 0 Å². The monoisotopic (exact) mass is 186 g/mol. The molecule has 1 rings (SSSR count). The largest absolute Gasteiger partial charge is 0.338 e. The molecule has 0 N–H and O–H groups in total. The van der Waals surface area contributed by atoms with Gasteiger partial charge < -0.3 is 4.57 Å². The Bertz CT molecular complexity index is 242. The Labute approximate surface area is 78.6 Å². The van der Waals surface area contributed by atoms with E-state index in [-0.39, 0.29) is 5.38 Å². The van der Waals surface area contributed by atoms with Gasteiger partial charge in [-0.15, -0.1) is 11.6 Å². The van der Waals surface area contributed by atoms with Crippen LogP contribution in [-0.2, 0) is 13.5 Å². The van der Waals surface area contributed by atoms with E-state index in [1.54, 1.807) is 6.20 Å². The van der Waals surface area contributed by atoms with E-state index in [0.29, 0.717) is 5.92 Å². The highest BCUT2D eigenvalue weighted by Crippen LogP contribution is 2.14. The van der Waals surface area contributed by atoms with Gasteiger partial charge in [-0.2, -0.15) is 0 Å². The van der Waals surface area contributed by atoms with Crippen molar-refractivity contribution in [3.8, 4) is 0 Å². The lowest BCUT2D eigenvalue weighted by Crippen LogP contribution is -2.14. The fraction of sp³-hybridized carbons (Fsp3) is 0.667. The fourth-order valence-electron chi connectivity index (χ4n) is 1.00. The molecule has 1 aromatic heterocycles. The van der Waals surface area contributed by atoms with Gasteiger partial charge in [-0.05, 0) is 5.92 Å². The third-order valence-electron chi connectivity index (χ3n) is 2.02. The molecule has 0 aliphatic heterocycles. The van der Waals surface area contributed by atoms with E-state index in [1.165, 1.54) is 0 Å². The first-order chi connectivity index (χ1) is 5.61. The molecule has 1 aromatic rings. The van der Waals surface area contributed by atoms with Gasteiger partial charge in [-0.25, -0.2) is 4.98 Å². The zero-order chi connectivity index (χ0) is 9.14. The minimum atomic E-state index is 0.186. The highest BCUT2D eigenvalue weighted by atomic mass is 35.5. The van der Waals surface area contributed by atoms with Crippen LogP contribution >= 0.6 is 11.6 Å². The molecule has 0 aromatic carbocycles. The summed E-state index contributed by atoms with van der Waals surface area (Å²) in [7, 11) is 1.99. The Morgan fingerprint density at radius 1 is 1.58 bits per heavy atom. The summed E-state index contributed by atoms with van der Waals surface area (Å²) in [5, 5.41) is 0.186. The summed E-state index contributed by atoms with van der Waals surface area (Å²) in [6.07, 6.45) is 4.60. The molecule has 0 fully saturated rings. The average Bonchev–Trinajstić information content (AvgIpc) is 2.36. The van der Waals surface area contributed by atoms with E-state index in [0.717, 1.165) is 12.2 Å². The first-order valence-corrected chi connectivity index (χ1v) is 4.65. The SMILES string of the molecule is CC(C)C(Cl)Cc1nccn1C. The van der Waals surface area contributed by atoms with E-state index < -0.39 is 0 Å². The molecule has 0 saturated carbocycles. The highest BCUT2D eigenvalue weighted by Gasteiger charge is 2.12. The molecule has 0 spiro atoms. The summed E-state index contributed by atoms with van der Waals surface area (Å²) in [6, 6.07) is 0. The van der Waals surface area contributed by atoms with Crippen LogP contribution in [-0.4, -0.2) is 14.9 Å². The van der Waals surface area contributed by atoms with Crippen LogP contribution in [0.2, 0.25) is 0 Å². The summed E-state index contributed by atoms with van der Waals surface area (Å²) in [5.74, 6) is 1.56. The molecule has 0 aliphatic rings. The van der Waals surface area contributed by atoms with Crippen LogP contribution in [0.1, 0.15) is 19.7 Å². The molecule has 0 saturated heterocycles. The van der Waals surface area contributed by atoms with Crippen molar-refractivity contribution in [3.63, 3.8) is 0 Å². The van der Waals surface area contributed by atoms with Crippen LogP contribution in [0, 0.1) is 5.92 Å². The van der Waals surface area contributed by atoms with Gasteiger partial charge in [0.05, 0.1) is 0 Å². The number of aryl methyl sites for hydroxylation is 1. The maximum atomic E-state index is 6.13. The Morgan fingerprint density at radius 2 is 2.25 bits per heavy atom. The lowest BCUT2D eigenvalue weighted by Gasteiger charge is -2.12. The van der Waals surface area contributed by atoms with Crippen LogP contribution in [0.15, 0.2) is 12.4 Å². The molecule has 2 nitrogen and oxygen atoms in total. The molecule has 0 aliphatic carbocycles. The topological polar surface area (TPSA) is 17.8 Å². The number of imidazole rings is 1. The lowest BCUT2D eigenvalue weighted by atomic mass is 10.1. The second-order valence-electron chi connectivity index (χ2n) is 3.42. The second-order valence-corrected chi connectivity index (χ2v) is 3.98. The van der Waals surface area contributed by atoms with Crippen molar-refractivity contribution in [1.82, 2.24) is 9.55 Å². The normalized spacial score (nSPS) is 13.8. The van der Waals surface area contributed by atoms with Crippen LogP contribution < -0.4 is 0 Å². The van der Waals surface area contributed by atoms with Gasteiger partial charge in [-0.1, -0.05) is 13.8 Å². The standard InChI is InChI=1S/C9H15ClN2/c1-7(2)8(10)6-9-11-4-5-12(9)3/h4-5,7-8H,6H2,1-3H3. The molecule has 0 radical (unpaired) electrons. The summed E-state index contributed by atoms with van der Waals surface area (Å²) in [6.45, 7) is 4.25. The van der Waals surface area contributed by atoms with Crippen molar-refractivity contribution in [2.75, 3.05) is 0 Å². The number of nitrogens with zero attached hydrogens (tertiary/aromatic N) is 2. The molecule has 1 atom stereocenters. The van der Waals surface area contributed by atoms with Crippen molar-refractivity contribution in [3.05, 3.63) is 18.2 Å². The number of hydrogen-bond donors (Lipinski definition) is 0. The van der Waals surface area contributed by atoms with Crippen LogP contribution in [0.5, 0.6) is 0 Å². The van der Waals surface area contributed by atoms with Gasteiger partial charge in [0.25, 0.3) is 0 Å². The maximum Gasteiger partial charge on any atom is 0.109 e. The molecule has 0 amide bonds. The molecule has 1 heterocycles. The van der Waals surface area contributed by atoms with Crippen molar-refractivity contribution in [2.45, 2.75) is 25.6 Å². The second kappa shape index (κ2) is 3.94. The number of halogens is 1. The third-order valence-corrected chi connectivity index (χ3v) is 2.68. The quantitative estimate of drug-likeness (QED) is 0.662.